The van der Waals surface area contributed by atoms with E-state index >= 15 is 0 Å². The first kappa shape index (κ1) is 15.8. The first-order valence-electron chi connectivity index (χ1n) is 6.78. The van der Waals surface area contributed by atoms with Gasteiger partial charge in [0.25, 0.3) is 0 Å². The smallest absolute Gasteiger partial charge is 0.175 e. The number of hydrogen-bond donors (Lipinski definition) is 1. The van der Waals surface area contributed by atoms with Crippen LogP contribution in [-0.4, -0.2) is 45.8 Å². The molecule has 0 aliphatic carbocycles. The maximum atomic E-state index is 11.8. The fourth-order valence-electron chi connectivity index (χ4n) is 2.66. The summed E-state index contributed by atoms with van der Waals surface area (Å²) < 4.78 is 23.6. The summed E-state index contributed by atoms with van der Waals surface area (Å²) in [6.45, 7) is 2.46. The zero-order valence-corrected chi connectivity index (χ0v) is 13.5. The summed E-state index contributed by atoms with van der Waals surface area (Å²) in [4.78, 5) is 2.65. The van der Waals surface area contributed by atoms with Gasteiger partial charge in [0.2, 0.25) is 0 Å². The van der Waals surface area contributed by atoms with Gasteiger partial charge in [0.1, 0.15) is 0 Å². The quantitative estimate of drug-likeness (QED) is 0.902. The van der Waals surface area contributed by atoms with Crippen molar-refractivity contribution in [2.45, 2.75) is 30.3 Å². The van der Waals surface area contributed by atoms with Gasteiger partial charge in [-0.05, 0) is 38.6 Å². The molecule has 1 aromatic rings. The fraction of sp³-hybridized carbons (Fsp3) is 0.571. The molecule has 0 radical (unpaired) electrons. The van der Waals surface area contributed by atoms with Gasteiger partial charge in [0.15, 0.2) is 9.84 Å². The highest BCUT2D eigenvalue weighted by Gasteiger charge is 2.21. The second-order valence-corrected chi connectivity index (χ2v) is 7.79. The van der Waals surface area contributed by atoms with Crippen molar-refractivity contribution in [1.29, 1.82) is 0 Å². The van der Waals surface area contributed by atoms with Crippen LogP contribution in [-0.2, 0) is 16.4 Å². The molecular weight excluding hydrogens is 296 g/mol. The predicted octanol–water partition coefficient (Wildman–Crippen LogP) is 1.93. The topological polar surface area (TPSA) is 49.4 Å². The molecule has 112 valence electrons. The van der Waals surface area contributed by atoms with Crippen molar-refractivity contribution >= 4 is 21.4 Å². The van der Waals surface area contributed by atoms with E-state index in [9.17, 15) is 8.42 Å². The molecule has 2 rings (SSSR count). The van der Waals surface area contributed by atoms with Crippen LogP contribution in [0.15, 0.2) is 23.1 Å². The van der Waals surface area contributed by atoms with Crippen LogP contribution in [0.2, 0.25) is 5.02 Å². The van der Waals surface area contributed by atoms with Gasteiger partial charge in [0.05, 0.1) is 4.90 Å². The molecule has 1 N–H and O–H groups in total. The second-order valence-electron chi connectivity index (χ2n) is 5.40. The Morgan fingerprint density at radius 1 is 1.45 bits per heavy atom. The number of nitrogens with zero attached hydrogens (tertiary/aromatic N) is 1. The van der Waals surface area contributed by atoms with Crippen molar-refractivity contribution in [2.24, 2.45) is 0 Å². The molecule has 1 unspecified atom stereocenters. The third-order valence-corrected chi connectivity index (χ3v) is 5.36. The molecule has 1 atom stereocenters. The number of nitrogens with one attached hydrogen (secondary N) is 1. The molecule has 0 spiro atoms. The summed E-state index contributed by atoms with van der Waals surface area (Å²) in [5, 5.41) is 3.84. The van der Waals surface area contributed by atoms with Crippen LogP contribution in [0, 0.1) is 0 Å². The third-order valence-electron chi connectivity index (χ3n) is 3.83. The van der Waals surface area contributed by atoms with Gasteiger partial charge in [-0.25, -0.2) is 8.42 Å². The minimum absolute atomic E-state index is 0.317. The van der Waals surface area contributed by atoms with Gasteiger partial charge in [-0.1, -0.05) is 17.7 Å². The number of hydrogen-bond acceptors (Lipinski definition) is 4. The molecule has 0 aromatic heterocycles. The first-order chi connectivity index (χ1) is 9.39. The molecule has 6 heteroatoms. The molecule has 0 saturated carbocycles. The fourth-order valence-corrected chi connectivity index (χ4v) is 3.91. The molecule has 20 heavy (non-hydrogen) atoms. The number of benzene rings is 1. The highest BCUT2D eigenvalue weighted by Crippen LogP contribution is 2.24. The molecule has 0 bridgehead atoms. The zero-order chi connectivity index (χ0) is 14.8. The van der Waals surface area contributed by atoms with Gasteiger partial charge in [-0.15, -0.1) is 0 Å². The normalized spacial score (nSPS) is 20.4. The Morgan fingerprint density at radius 2 is 2.20 bits per heavy atom. The largest absolute Gasteiger partial charge is 0.311 e. The SMILES string of the molecule is CN1CCCC1CNCc1c(Cl)cccc1S(C)(=O)=O. The van der Waals surface area contributed by atoms with E-state index in [0.717, 1.165) is 13.1 Å². The number of halogens is 1. The van der Waals surface area contributed by atoms with Crippen molar-refractivity contribution in [3.05, 3.63) is 28.8 Å². The number of likely N-dealkylation sites (tertiary alicyclic amines) is 1. The summed E-state index contributed by atoms with van der Waals surface area (Å²) in [6.07, 6.45) is 3.63. The van der Waals surface area contributed by atoms with Crippen LogP contribution >= 0.6 is 11.6 Å². The summed E-state index contributed by atoms with van der Waals surface area (Å²) in [7, 11) is -1.13. The van der Waals surface area contributed by atoms with E-state index in [1.165, 1.54) is 19.1 Å². The molecule has 4 nitrogen and oxygen atoms in total. The predicted molar refractivity (Wildman–Crippen MR) is 81.9 cm³/mol. The molecule has 1 saturated heterocycles. The number of rotatable bonds is 5. The molecule has 1 aliphatic heterocycles. The highest BCUT2D eigenvalue weighted by atomic mass is 35.5. The van der Waals surface area contributed by atoms with Crippen molar-refractivity contribution in [3.8, 4) is 0 Å². The first-order valence-corrected chi connectivity index (χ1v) is 9.05. The number of sulfone groups is 1. The second kappa shape index (κ2) is 6.43. The lowest BCUT2D eigenvalue weighted by Crippen LogP contribution is -2.35. The van der Waals surface area contributed by atoms with E-state index in [4.69, 9.17) is 11.6 Å². The summed E-state index contributed by atoms with van der Waals surface area (Å²) in [5.74, 6) is 0. The maximum Gasteiger partial charge on any atom is 0.175 e. The van der Waals surface area contributed by atoms with Gasteiger partial charge in [-0.3, -0.25) is 0 Å². The Kier molecular flexibility index (Phi) is 5.07. The van der Waals surface area contributed by atoms with Crippen LogP contribution in [0.5, 0.6) is 0 Å². The lowest BCUT2D eigenvalue weighted by Gasteiger charge is -2.20. The van der Waals surface area contributed by atoms with Gasteiger partial charge >= 0.3 is 0 Å². The standard InChI is InChI=1S/C14H21ClN2O2S/c1-17-8-4-5-11(17)9-16-10-12-13(15)6-3-7-14(12)20(2,18)19/h3,6-7,11,16H,4-5,8-10H2,1-2H3. The van der Waals surface area contributed by atoms with Crippen LogP contribution in [0.25, 0.3) is 0 Å². The molecule has 1 heterocycles. The van der Waals surface area contributed by atoms with E-state index in [-0.39, 0.29) is 0 Å². The third kappa shape index (κ3) is 3.73. The Labute approximate surface area is 126 Å². The molecular formula is C14H21ClN2O2S. The van der Waals surface area contributed by atoms with Crippen LogP contribution in [0.4, 0.5) is 0 Å². The molecule has 1 fully saturated rings. The van der Waals surface area contributed by atoms with Crippen LogP contribution < -0.4 is 5.32 Å². The van der Waals surface area contributed by atoms with E-state index in [0.29, 0.717) is 28.1 Å². The van der Waals surface area contributed by atoms with Crippen LogP contribution in [0.1, 0.15) is 18.4 Å². The van der Waals surface area contributed by atoms with Crippen molar-refractivity contribution in [1.82, 2.24) is 10.2 Å². The average Bonchev–Trinajstić information content (AvgIpc) is 2.76. The summed E-state index contributed by atoms with van der Waals surface area (Å²) in [5.41, 5.74) is 0.664. The zero-order valence-electron chi connectivity index (χ0n) is 11.9. The monoisotopic (exact) mass is 316 g/mol. The van der Waals surface area contributed by atoms with Crippen molar-refractivity contribution in [3.63, 3.8) is 0 Å². The van der Waals surface area contributed by atoms with Crippen LogP contribution in [0.3, 0.4) is 0 Å². The average molecular weight is 317 g/mol. The van der Waals surface area contributed by atoms with E-state index < -0.39 is 9.84 Å². The minimum Gasteiger partial charge on any atom is -0.311 e. The highest BCUT2D eigenvalue weighted by molar-refractivity contribution is 7.90. The van der Waals surface area contributed by atoms with E-state index in [1.54, 1.807) is 18.2 Å². The van der Waals surface area contributed by atoms with Gasteiger partial charge in [-0.2, -0.15) is 0 Å². The van der Waals surface area contributed by atoms with Gasteiger partial charge in [0, 0.05) is 36.0 Å². The summed E-state index contributed by atoms with van der Waals surface area (Å²) in [6, 6.07) is 5.54. The van der Waals surface area contributed by atoms with Crippen molar-refractivity contribution < 1.29 is 8.42 Å². The number of likely N-dealkylation sites (N-methyl/N-ethyl adjacent to an activating group) is 1. The molecule has 1 aliphatic rings. The Hall–Kier alpha value is -0.620. The molecule has 0 amide bonds. The lowest BCUT2D eigenvalue weighted by molar-refractivity contribution is 0.300. The van der Waals surface area contributed by atoms with E-state index in [2.05, 4.69) is 17.3 Å². The molecule has 1 aromatic carbocycles. The Morgan fingerprint density at radius 3 is 2.80 bits per heavy atom. The van der Waals surface area contributed by atoms with Crippen molar-refractivity contribution in [2.75, 3.05) is 26.4 Å². The lowest BCUT2D eigenvalue weighted by atomic mass is 10.2. The summed E-state index contributed by atoms with van der Waals surface area (Å²) >= 11 is 6.14. The maximum absolute atomic E-state index is 11.8. The Balaban J connectivity index is 2.06. The minimum atomic E-state index is -3.25. The Bertz CT molecular complexity index is 575. The van der Waals surface area contributed by atoms with Gasteiger partial charge < -0.3 is 10.2 Å². The van der Waals surface area contributed by atoms with E-state index in [1.807, 2.05) is 0 Å².